The molecule has 0 unspecified atom stereocenters. The van der Waals surface area contributed by atoms with Gasteiger partial charge in [-0.3, -0.25) is 9.59 Å². The van der Waals surface area contributed by atoms with E-state index in [1.54, 1.807) is 29.2 Å². The minimum Gasteiger partial charge on any atom is -0.342 e. The molecule has 0 atom stereocenters. The molecule has 0 aromatic heterocycles. The lowest BCUT2D eigenvalue weighted by Gasteiger charge is -2.26. The van der Waals surface area contributed by atoms with Gasteiger partial charge in [0.05, 0.1) is 11.6 Å². The van der Waals surface area contributed by atoms with E-state index in [1.807, 2.05) is 6.07 Å². The molecule has 1 N–H and O–H groups in total. The zero-order chi connectivity index (χ0) is 14.4. The van der Waals surface area contributed by atoms with Crippen LogP contribution >= 0.6 is 0 Å². The highest BCUT2D eigenvalue weighted by atomic mass is 16.2. The number of amides is 2. The van der Waals surface area contributed by atoms with Crippen molar-refractivity contribution < 1.29 is 9.59 Å². The molecular formula is C15H17N3O2. The van der Waals surface area contributed by atoms with Crippen LogP contribution in [0.1, 0.15) is 31.2 Å². The summed E-state index contributed by atoms with van der Waals surface area (Å²) < 4.78 is 0. The molecule has 5 nitrogen and oxygen atoms in total. The Kier molecular flexibility index (Phi) is 4.72. The number of nitriles is 1. The van der Waals surface area contributed by atoms with Crippen LogP contribution in [0.4, 0.5) is 5.69 Å². The van der Waals surface area contributed by atoms with E-state index in [1.165, 1.54) is 0 Å². The quantitative estimate of drug-likeness (QED) is 0.909. The largest absolute Gasteiger partial charge is 0.342 e. The smallest absolute Gasteiger partial charge is 0.226 e. The summed E-state index contributed by atoms with van der Waals surface area (Å²) in [6.45, 7) is 1.21. The van der Waals surface area contributed by atoms with Crippen LogP contribution in [0.25, 0.3) is 0 Å². The normalized spacial score (nSPS) is 14.8. The number of benzene rings is 1. The number of anilines is 1. The molecule has 0 radical (unpaired) electrons. The van der Waals surface area contributed by atoms with Crippen LogP contribution < -0.4 is 5.32 Å². The first kappa shape index (κ1) is 14.1. The van der Waals surface area contributed by atoms with Gasteiger partial charge in [0.1, 0.15) is 0 Å². The van der Waals surface area contributed by atoms with Crippen molar-refractivity contribution in [2.24, 2.45) is 0 Å². The highest BCUT2D eigenvalue weighted by Gasteiger charge is 2.18. The molecule has 0 aliphatic carbocycles. The molecule has 1 aromatic rings. The van der Waals surface area contributed by atoms with Crippen molar-refractivity contribution in [1.29, 1.82) is 5.26 Å². The average Bonchev–Trinajstić information content (AvgIpc) is 2.46. The summed E-state index contributed by atoms with van der Waals surface area (Å²) in [5.74, 6) is -0.00556. The first-order chi connectivity index (χ1) is 9.69. The van der Waals surface area contributed by atoms with Gasteiger partial charge in [-0.2, -0.15) is 5.26 Å². The maximum Gasteiger partial charge on any atom is 0.226 e. The molecule has 20 heavy (non-hydrogen) atoms. The molecule has 1 aromatic carbocycles. The van der Waals surface area contributed by atoms with Crippen LogP contribution in [0.3, 0.4) is 0 Å². The van der Waals surface area contributed by atoms with E-state index in [9.17, 15) is 9.59 Å². The maximum absolute atomic E-state index is 11.8. The Morgan fingerprint density at radius 1 is 1.40 bits per heavy atom. The number of hydrogen-bond donors (Lipinski definition) is 1. The fourth-order valence-corrected chi connectivity index (χ4v) is 2.22. The first-order valence-corrected chi connectivity index (χ1v) is 6.77. The topological polar surface area (TPSA) is 73.2 Å². The van der Waals surface area contributed by atoms with Gasteiger partial charge >= 0.3 is 0 Å². The van der Waals surface area contributed by atoms with Gasteiger partial charge in [-0.1, -0.05) is 6.07 Å². The second-order valence-corrected chi connectivity index (χ2v) is 4.83. The molecular weight excluding hydrogens is 254 g/mol. The molecule has 1 saturated heterocycles. The Hall–Kier alpha value is -2.35. The molecule has 1 heterocycles. The number of nitrogens with zero attached hydrogens (tertiary/aromatic N) is 2. The zero-order valence-corrected chi connectivity index (χ0v) is 11.3. The van der Waals surface area contributed by atoms with Crippen molar-refractivity contribution in [3.63, 3.8) is 0 Å². The Morgan fingerprint density at radius 2 is 2.25 bits per heavy atom. The monoisotopic (exact) mass is 271 g/mol. The molecule has 1 fully saturated rings. The molecule has 1 aliphatic rings. The van der Waals surface area contributed by atoms with E-state index < -0.39 is 0 Å². The summed E-state index contributed by atoms with van der Waals surface area (Å²) in [7, 11) is 0. The number of carbonyl (C=O) groups is 2. The van der Waals surface area contributed by atoms with Crippen molar-refractivity contribution in [1.82, 2.24) is 4.90 Å². The second-order valence-electron chi connectivity index (χ2n) is 4.83. The lowest BCUT2D eigenvalue weighted by atomic mass is 10.1. The van der Waals surface area contributed by atoms with Crippen molar-refractivity contribution in [2.45, 2.75) is 25.7 Å². The molecule has 2 rings (SSSR count). The van der Waals surface area contributed by atoms with Gasteiger partial charge in [0.2, 0.25) is 11.8 Å². The third-order valence-corrected chi connectivity index (χ3v) is 3.31. The molecule has 104 valence electrons. The Bertz CT molecular complexity index is 548. The van der Waals surface area contributed by atoms with Crippen molar-refractivity contribution in [3.8, 4) is 6.07 Å². The number of piperidine rings is 1. The van der Waals surface area contributed by atoms with E-state index >= 15 is 0 Å². The number of rotatable bonds is 4. The minimum atomic E-state index is -0.140. The summed E-state index contributed by atoms with van der Waals surface area (Å²) in [4.78, 5) is 25.2. The van der Waals surface area contributed by atoms with E-state index in [-0.39, 0.29) is 18.2 Å². The van der Waals surface area contributed by atoms with Crippen molar-refractivity contribution in [3.05, 3.63) is 29.8 Å². The van der Waals surface area contributed by atoms with Gasteiger partial charge in [0, 0.05) is 31.6 Å². The van der Waals surface area contributed by atoms with Crippen molar-refractivity contribution in [2.75, 3.05) is 18.4 Å². The van der Waals surface area contributed by atoms with Gasteiger partial charge in [0.25, 0.3) is 0 Å². The lowest BCUT2D eigenvalue weighted by Crippen LogP contribution is -2.37. The summed E-state index contributed by atoms with van der Waals surface area (Å²) in [6, 6.07) is 8.80. The predicted molar refractivity (Wildman–Crippen MR) is 74.8 cm³/mol. The molecule has 1 aliphatic heterocycles. The van der Waals surface area contributed by atoms with Gasteiger partial charge in [0.15, 0.2) is 0 Å². The molecule has 0 saturated carbocycles. The van der Waals surface area contributed by atoms with Crippen LogP contribution in [0.2, 0.25) is 0 Å². The van der Waals surface area contributed by atoms with E-state index in [4.69, 9.17) is 5.26 Å². The average molecular weight is 271 g/mol. The first-order valence-electron chi connectivity index (χ1n) is 6.77. The summed E-state index contributed by atoms with van der Waals surface area (Å²) in [5, 5.41) is 11.5. The maximum atomic E-state index is 11.8. The third kappa shape index (κ3) is 3.82. The van der Waals surface area contributed by atoms with E-state index in [0.29, 0.717) is 24.2 Å². The fraction of sp³-hybridized carbons (Fsp3) is 0.400. The number of likely N-dealkylation sites (tertiary alicyclic amines) is 1. The second kappa shape index (κ2) is 6.71. The zero-order valence-electron chi connectivity index (χ0n) is 11.3. The van der Waals surface area contributed by atoms with Crippen LogP contribution in [-0.2, 0) is 9.59 Å². The van der Waals surface area contributed by atoms with Crippen molar-refractivity contribution >= 4 is 17.5 Å². The van der Waals surface area contributed by atoms with Gasteiger partial charge in [-0.15, -0.1) is 0 Å². The van der Waals surface area contributed by atoms with Crippen LogP contribution in [0.15, 0.2) is 24.3 Å². The number of nitrogens with one attached hydrogen (secondary N) is 1. The predicted octanol–water partition coefficient (Wildman–Crippen LogP) is 1.90. The minimum absolute atomic E-state index is 0.135. The van der Waals surface area contributed by atoms with Gasteiger partial charge in [-0.05, 0) is 31.0 Å². The van der Waals surface area contributed by atoms with Crippen LogP contribution in [0.5, 0.6) is 0 Å². The van der Waals surface area contributed by atoms with Crippen LogP contribution in [0, 0.1) is 11.3 Å². The van der Waals surface area contributed by atoms with E-state index in [2.05, 4.69) is 5.32 Å². The number of hydrogen-bond acceptors (Lipinski definition) is 3. The Balaban J connectivity index is 1.83. The molecule has 0 spiro atoms. The van der Waals surface area contributed by atoms with Gasteiger partial charge < -0.3 is 10.2 Å². The summed E-state index contributed by atoms with van der Waals surface area (Å²) in [5.41, 5.74) is 1.12. The SMILES string of the molecule is N#Cc1cccc(NC(=O)CCN2CCCCC2=O)c1. The Labute approximate surface area is 118 Å². The Morgan fingerprint density at radius 3 is 3.00 bits per heavy atom. The lowest BCUT2D eigenvalue weighted by molar-refractivity contribution is -0.133. The molecule has 0 bridgehead atoms. The van der Waals surface area contributed by atoms with Crippen LogP contribution in [-0.4, -0.2) is 29.8 Å². The fourth-order valence-electron chi connectivity index (χ4n) is 2.22. The molecule has 5 heteroatoms. The van der Waals surface area contributed by atoms with Gasteiger partial charge in [-0.25, -0.2) is 0 Å². The third-order valence-electron chi connectivity index (χ3n) is 3.31. The summed E-state index contributed by atoms with van der Waals surface area (Å²) >= 11 is 0. The molecule has 2 amide bonds. The highest BCUT2D eigenvalue weighted by molar-refractivity contribution is 5.91. The summed E-state index contributed by atoms with van der Waals surface area (Å²) in [6.07, 6.45) is 2.83. The number of carbonyl (C=O) groups excluding carboxylic acids is 2. The van der Waals surface area contributed by atoms with E-state index in [0.717, 1.165) is 19.4 Å². The standard InChI is InChI=1S/C15H17N3O2/c16-11-12-4-3-5-13(10-12)17-14(19)7-9-18-8-2-1-6-15(18)20/h3-5,10H,1-2,6-9H2,(H,17,19). The highest BCUT2D eigenvalue weighted by Crippen LogP contribution is 2.12.